The Bertz CT molecular complexity index is 716. The van der Waals surface area contributed by atoms with Gasteiger partial charge in [-0.05, 0) is 67.3 Å². The summed E-state index contributed by atoms with van der Waals surface area (Å²) in [5.74, 6) is 0.986. The summed E-state index contributed by atoms with van der Waals surface area (Å²) < 4.78 is 12.5. The Morgan fingerprint density at radius 3 is 1.54 bits per heavy atom. The Balaban J connectivity index is 2.39. The molecule has 0 radical (unpaired) electrons. The van der Waals surface area contributed by atoms with E-state index in [1.54, 1.807) is 14.2 Å². The minimum absolute atomic E-state index is 0.132. The molecule has 0 aliphatic rings. The fourth-order valence-electron chi connectivity index (χ4n) is 2.69. The van der Waals surface area contributed by atoms with Gasteiger partial charge in [0.2, 0.25) is 0 Å². The highest BCUT2D eigenvalue weighted by Crippen LogP contribution is 2.36. The highest BCUT2D eigenvalue weighted by molar-refractivity contribution is 9.11. The number of hydrogen-bond donors (Lipinski definition) is 0. The molecule has 2 aromatic carbocycles. The van der Waals surface area contributed by atoms with Crippen molar-refractivity contribution >= 4 is 69.5 Å². The number of Topliss-reactive ketones (excluding diaryl/α,β-unsaturated/α-hetero) is 1. The van der Waals surface area contributed by atoms with E-state index in [0.717, 1.165) is 20.1 Å². The molecule has 0 heterocycles. The molecule has 0 spiro atoms. The first kappa shape index (κ1) is 21.9. The van der Waals surface area contributed by atoms with Gasteiger partial charge in [0.25, 0.3) is 0 Å². The second-order valence-electron chi connectivity index (χ2n) is 5.60. The van der Waals surface area contributed by atoms with Crippen molar-refractivity contribution in [2.24, 2.45) is 0 Å². The number of benzene rings is 2. The second kappa shape index (κ2) is 10.2. The van der Waals surface area contributed by atoms with Gasteiger partial charge in [0.1, 0.15) is 17.3 Å². The average Bonchev–Trinajstić information content (AvgIpc) is 2.65. The number of methoxy groups -OCH3 is 2. The fraction of sp³-hybridized carbons (Fsp3) is 0.316. The molecule has 0 saturated carbocycles. The Hall–Kier alpha value is -0.370. The van der Waals surface area contributed by atoms with Crippen molar-refractivity contribution in [1.82, 2.24) is 0 Å². The molecular formula is C19H18Br4O3. The van der Waals surface area contributed by atoms with Crippen LogP contribution in [0.2, 0.25) is 0 Å². The number of carbonyl (C=O) groups excluding carboxylic acids is 1. The van der Waals surface area contributed by atoms with Gasteiger partial charge >= 0.3 is 0 Å². The van der Waals surface area contributed by atoms with E-state index in [1.807, 2.05) is 36.4 Å². The third-order valence-corrected chi connectivity index (χ3v) is 6.76. The van der Waals surface area contributed by atoms with Crippen molar-refractivity contribution in [2.45, 2.75) is 11.8 Å². The number of ketones is 1. The molecule has 2 aromatic rings. The monoisotopic (exact) mass is 610 g/mol. The minimum atomic E-state index is -0.283. The maximum absolute atomic E-state index is 13.3. The van der Waals surface area contributed by atoms with Crippen LogP contribution in [0.1, 0.15) is 23.0 Å². The Morgan fingerprint density at radius 2 is 1.23 bits per heavy atom. The smallest absolute Gasteiger partial charge is 0.149 e. The molecule has 3 nitrogen and oxygen atoms in total. The molecule has 0 aromatic heterocycles. The quantitative estimate of drug-likeness (QED) is 0.321. The van der Waals surface area contributed by atoms with Crippen molar-refractivity contribution in [3.63, 3.8) is 0 Å². The molecule has 0 saturated heterocycles. The van der Waals surface area contributed by atoms with Gasteiger partial charge in [0.05, 0.1) is 35.0 Å². The van der Waals surface area contributed by atoms with Gasteiger partial charge in [0.15, 0.2) is 0 Å². The van der Waals surface area contributed by atoms with E-state index in [-0.39, 0.29) is 17.6 Å². The zero-order valence-electron chi connectivity index (χ0n) is 14.3. The third-order valence-electron chi connectivity index (χ3n) is 4.15. The third kappa shape index (κ3) is 4.91. The van der Waals surface area contributed by atoms with Crippen molar-refractivity contribution < 1.29 is 14.3 Å². The van der Waals surface area contributed by atoms with Gasteiger partial charge in [-0.2, -0.15) is 0 Å². The second-order valence-corrected chi connectivity index (χ2v) is 8.61. The van der Waals surface area contributed by atoms with Crippen LogP contribution >= 0.6 is 63.7 Å². The molecule has 0 fully saturated rings. The topological polar surface area (TPSA) is 35.5 Å². The number of rotatable bonds is 8. The maximum atomic E-state index is 13.3. The van der Waals surface area contributed by atoms with Gasteiger partial charge in [-0.3, -0.25) is 4.79 Å². The molecular weight excluding hydrogens is 596 g/mol. The molecule has 0 amide bonds. The highest BCUT2D eigenvalue weighted by Gasteiger charge is 2.29. The van der Waals surface area contributed by atoms with Gasteiger partial charge < -0.3 is 9.47 Å². The van der Waals surface area contributed by atoms with E-state index in [0.29, 0.717) is 22.2 Å². The van der Waals surface area contributed by atoms with Gasteiger partial charge in [-0.15, -0.1) is 0 Å². The first-order valence-corrected chi connectivity index (χ1v) is 11.6. The van der Waals surface area contributed by atoms with E-state index in [4.69, 9.17) is 9.47 Å². The van der Waals surface area contributed by atoms with E-state index >= 15 is 0 Å². The SMILES string of the molecule is COc1cc(C(CBr)C(=O)C(CBr)c2ccc(Br)c(OC)c2)ccc1Br. The van der Waals surface area contributed by atoms with Gasteiger partial charge in [0, 0.05) is 10.7 Å². The molecule has 0 N–H and O–H groups in total. The standard InChI is InChI=1S/C19H18Br4O3/c1-25-17-7-11(3-5-15(17)22)13(9-20)19(24)14(10-21)12-4-6-16(23)18(8-12)26-2/h3-8,13-14H,9-10H2,1-2H3. The van der Waals surface area contributed by atoms with Gasteiger partial charge in [-0.25, -0.2) is 0 Å². The summed E-state index contributed by atoms with van der Waals surface area (Å²) in [7, 11) is 3.23. The van der Waals surface area contributed by atoms with Crippen LogP contribution < -0.4 is 9.47 Å². The normalized spacial score (nSPS) is 13.2. The zero-order valence-corrected chi connectivity index (χ0v) is 20.6. The molecule has 2 atom stereocenters. The van der Waals surface area contributed by atoms with Crippen LogP contribution in [0.4, 0.5) is 0 Å². The van der Waals surface area contributed by atoms with Crippen LogP contribution in [0.3, 0.4) is 0 Å². The summed E-state index contributed by atoms with van der Waals surface area (Å²) in [5, 5.41) is 1.07. The number of alkyl halides is 2. The lowest BCUT2D eigenvalue weighted by atomic mass is 9.85. The first-order chi connectivity index (χ1) is 12.5. The van der Waals surface area contributed by atoms with Crippen LogP contribution in [0.25, 0.3) is 0 Å². The zero-order chi connectivity index (χ0) is 19.3. The van der Waals surface area contributed by atoms with Crippen molar-refractivity contribution in [3.8, 4) is 11.5 Å². The van der Waals surface area contributed by atoms with Crippen LogP contribution in [0, 0.1) is 0 Å². The molecule has 0 aliphatic carbocycles. The van der Waals surface area contributed by atoms with E-state index < -0.39 is 0 Å². The van der Waals surface area contributed by atoms with Gasteiger partial charge in [-0.1, -0.05) is 44.0 Å². The van der Waals surface area contributed by atoms with E-state index in [9.17, 15) is 4.79 Å². The molecule has 140 valence electrons. The number of halogens is 4. The molecule has 2 rings (SSSR count). The number of carbonyl (C=O) groups is 1. The number of ether oxygens (including phenoxy) is 2. The van der Waals surface area contributed by atoms with Crippen LogP contribution in [0.15, 0.2) is 45.3 Å². The largest absolute Gasteiger partial charge is 0.496 e. The summed E-state index contributed by atoms with van der Waals surface area (Å²) in [5.41, 5.74) is 1.84. The summed E-state index contributed by atoms with van der Waals surface area (Å²) in [4.78, 5) is 13.3. The molecule has 7 heteroatoms. The molecule has 2 unspecified atom stereocenters. The summed E-state index contributed by atoms with van der Waals surface area (Å²) >= 11 is 13.9. The summed E-state index contributed by atoms with van der Waals surface area (Å²) in [6, 6.07) is 11.5. The first-order valence-electron chi connectivity index (χ1n) is 7.79. The molecule has 0 bridgehead atoms. The lowest BCUT2D eigenvalue weighted by molar-refractivity contribution is -0.121. The Kier molecular flexibility index (Phi) is 8.64. The summed E-state index contributed by atoms with van der Waals surface area (Å²) in [6.45, 7) is 0. The van der Waals surface area contributed by atoms with Crippen molar-refractivity contribution in [3.05, 3.63) is 56.5 Å². The minimum Gasteiger partial charge on any atom is -0.496 e. The Morgan fingerprint density at radius 1 is 0.846 bits per heavy atom. The number of hydrogen-bond acceptors (Lipinski definition) is 3. The predicted octanol–water partition coefficient (Wildman–Crippen LogP) is 6.46. The molecule has 0 aliphatic heterocycles. The van der Waals surface area contributed by atoms with Crippen molar-refractivity contribution in [2.75, 3.05) is 24.9 Å². The fourth-order valence-corrected chi connectivity index (χ4v) is 4.89. The predicted molar refractivity (Wildman–Crippen MR) is 119 cm³/mol. The average molecular weight is 614 g/mol. The van der Waals surface area contributed by atoms with E-state index in [2.05, 4.69) is 63.7 Å². The van der Waals surface area contributed by atoms with Crippen LogP contribution in [-0.4, -0.2) is 30.7 Å². The lowest BCUT2D eigenvalue weighted by Gasteiger charge is -2.21. The van der Waals surface area contributed by atoms with Crippen molar-refractivity contribution in [1.29, 1.82) is 0 Å². The van der Waals surface area contributed by atoms with Crippen LogP contribution in [-0.2, 0) is 4.79 Å². The Labute approximate surface area is 187 Å². The highest BCUT2D eigenvalue weighted by atomic mass is 79.9. The summed E-state index contributed by atoms with van der Waals surface area (Å²) in [6.07, 6.45) is 0. The van der Waals surface area contributed by atoms with E-state index in [1.165, 1.54) is 0 Å². The lowest BCUT2D eigenvalue weighted by Crippen LogP contribution is -2.23. The molecule has 26 heavy (non-hydrogen) atoms. The maximum Gasteiger partial charge on any atom is 0.149 e. The van der Waals surface area contributed by atoms with Crippen LogP contribution in [0.5, 0.6) is 11.5 Å².